The van der Waals surface area contributed by atoms with Gasteiger partial charge in [0, 0.05) is 0 Å². The van der Waals surface area contributed by atoms with Gasteiger partial charge in [-0.2, -0.15) is 0 Å². The summed E-state index contributed by atoms with van der Waals surface area (Å²) in [7, 11) is 0. The van der Waals surface area contributed by atoms with E-state index in [9.17, 15) is 39.5 Å². The monoisotopic (exact) mass is 764 g/mol. The molecule has 0 atom stereocenters. The fraction of sp³-hybridized carbons (Fsp3) is 0.323. The maximum absolute atomic E-state index is 15.7. The first-order valence-electron chi connectivity index (χ1n) is 14.6. The van der Waals surface area contributed by atoms with Crippen LogP contribution >= 0.6 is 0 Å². The minimum Gasteiger partial charge on any atom is -0.574 e. The number of hydrogen-bond donors (Lipinski definition) is 0. The van der Waals surface area contributed by atoms with Crippen molar-refractivity contribution >= 4 is 28.7 Å². The Morgan fingerprint density at radius 1 is 0.481 bits per heavy atom. The first kappa shape index (κ1) is 40.1. The normalized spacial score (nSPS) is 12.8. The van der Waals surface area contributed by atoms with Gasteiger partial charge < -0.3 is 4.76 Å². The molecule has 0 unspecified atom stereocenters. The van der Waals surface area contributed by atoms with E-state index < -0.39 is 127 Å². The highest BCUT2D eigenvalue weighted by Crippen LogP contribution is 2.32. The van der Waals surface area contributed by atoms with E-state index in [4.69, 9.17) is 4.76 Å². The Morgan fingerprint density at radius 2 is 0.750 bits per heavy atom. The van der Waals surface area contributed by atoms with Gasteiger partial charge >= 0.3 is 5.95 Å². The summed E-state index contributed by atoms with van der Waals surface area (Å²) in [5, 5.41) is 6.71. The van der Waals surface area contributed by atoms with Gasteiger partial charge in [0.1, 0.15) is 46.3 Å². The van der Waals surface area contributed by atoms with E-state index in [1.807, 2.05) is 0 Å². The van der Waals surface area contributed by atoms with Gasteiger partial charge in [0.25, 0.3) is 6.35 Å². The van der Waals surface area contributed by atoms with Crippen LogP contribution in [0.25, 0.3) is 0 Å². The molecule has 0 fully saturated rings. The van der Waals surface area contributed by atoms with Crippen LogP contribution in [0.2, 0.25) is 0 Å². The van der Waals surface area contributed by atoms with Crippen LogP contribution in [0.4, 0.5) is 71.8 Å². The third kappa shape index (κ3) is 5.75. The molecule has 0 N–H and O–H groups in total. The van der Waals surface area contributed by atoms with Crippen LogP contribution in [0, 0.1) is 101 Å². The third-order valence-corrected chi connectivity index (χ3v) is 8.22. The molecule has 282 valence electrons. The summed E-state index contributed by atoms with van der Waals surface area (Å²) in [5.41, 5.74) is -10.1. The van der Waals surface area contributed by atoms with Crippen LogP contribution in [0.5, 0.6) is 0 Å². The molecule has 0 spiro atoms. The molecule has 0 saturated carbocycles. The summed E-state index contributed by atoms with van der Waals surface area (Å²) in [4.78, 5) is 0. The molecule has 4 aromatic rings. The van der Waals surface area contributed by atoms with Gasteiger partial charge in [-0.3, -0.25) is 0 Å². The lowest BCUT2D eigenvalue weighted by atomic mass is 9.27. The smallest absolute Gasteiger partial charge is 0.425 e. The predicted octanol–water partition coefficient (Wildman–Crippen LogP) is 7.67. The van der Waals surface area contributed by atoms with Crippen LogP contribution in [-0.4, -0.2) is 10.9 Å². The quantitative estimate of drug-likeness (QED) is 0.0378. The number of benzene rings is 3. The minimum absolute atomic E-state index is 0.396. The van der Waals surface area contributed by atoms with E-state index in [-0.39, 0.29) is 0 Å². The predicted molar refractivity (Wildman–Crippen MR) is 153 cm³/mol. The number of halogens is 15. The molecule has 0 amide bonds. The lowest BCUT2D eigenvalue weighted by Crippen LogP contribution is -2.74. The lowest BCUT2D eigenvalue weighted by Gasteiger charge is -2.40. The number of nitrogens with zero attached hydrogens (tertiary/aromatic N) is 4. The number of hydrogen-bond acceptors (Lipinski definition) is 3. The van der Waals surface area contributed by atoms with Gasteiger partial charge in [0.2, 0.25) is 0 Å². The maximum Gasteiger partial charge on any atom is 0.425 e. The van der Waals surface area contributed by atoms with Crippen molar-refractivity contribution in [3.63, 3.8) is 0 Å². The lowest BCUT2D eigenvalue weighted by molar-refractivity contribution is -0.747. The zero-order valence-electron chi connectivity index (χ0n) is 27.9. The third-order valence-electron chi connectivity index (χ3n) is 8.22. The van der Waals surface area contributed by atoms with E-state index in [2.05, 4.69) is 10.4 Å². The summed E-state index contributed by atoms with van der Waals surface area (Å²) in [5.74, 6) is -47.9. The van der Waals surface area contributed by atoms with Crippen molar-refractivity contribution in [2.75, 3.05) is 0 Å². The fourth-order valence-corrected chi connectivity index (χ4v) is 6.08. The Balaban J connectivity index is 2.40. The first-order valence-corrected chi connectivity index (χ1v) is 14.6. The molecule has 3 aromatic carbocycles. The molecular weight excluding hydrogens is 740 g/mol. The Labute approximate surface area is 284 Å². The summed E-state index contributed by atoms with van der Waals surface area (Å²) < 4.78 is 233. The Bertz CT molecular complexity index is 1900. The van der Waals surface area contributed by atoms with E-state index >= 15 is 26.3 Å². The Hall–Kier alpha value is -4.72. The fourth-order valence-electron chi connectivity index (χ4n) is 6.08. The summed E-state index contributed by atoms with van der Waals surface area (Å²) in [6, 6.07) is 0. The van der Waals surface area contributed by atoms with Gasteiger partial charge in [-0.15, -0.1) is 0 Å². The summed E-state index contributed by atoms with van der Waals surface area (Å²) in [6.45, 7) is 12.6. The number of rotatable bonds is 6. The molecule has 0 radical (unpaired) electrons. The molecule has 21 heteroatoms. The largest absolute Gasteiger partial charge is 0.574 e. The van der Waals surface area contributed by atoms with Gasteiger partial charge in [0.05, 0.1) is 21.5 Å². The highest BCUT2D eigenvalue weighted by Gasteiger charge is 2.52. The van der Waals surface area contributed by atoms with Crippen molar-refractivity contribution in [2.45, 2.75) is 66.5 Å². The number of imidazole rings is 1. The summed E-state index contributed by atoms with van der Waals surface area (Å²) in [6.07, 6.45) is -6.38. The zero-order valence-corrected chi connectivity index (χ0v) is 27.9. The average molecular weight is 764 g/mol. The maximum atomic E-state index is 15.7. The number of aromatic nitrogens is 2. The second-order valence-electron chi connectivity index (χ2n) is 13.5. The second-order valence-corrected chi connectivity index (χ2v) is 13.5. The molecule has 4 rings (SSSR count). The molecule has 0 bridgehead atoms. The SMILES string of the molecule is Cc1c(C)[n+](C(C)(C)C)c(/N=N/O[B-](c2c(F)c(F)c(F)c(F)c2F)(c2c(F)c(F)c(F)c(F)c2F)c2c(F)c(F)c(F)c(F)c2F)n1C(C)(C)C. The van der Waals surface area contributed by atoms with Crippen LogP contribution < -0.4 is 21.0 Å². The average Bonchev–Trinajstić information content (AvgIpc) is 3.32. The van der Waals surface area contributed by atoms with E-state index in [1.165, 1.54) is 23.0 Å². The van der Waals surface area contributed by atoms with Gasteiger partial charge in [-0.1, -0.05) is 16.4 Å². The van der Waals surface area contributed by atoms with E-state index in [1.54, 1.807) is 41.5 Å². The topological polar surface area (TPSA) is 42.8 Å². The first-order chi connectivity index (χ1) is 23.7. The van der Waals surface area contributed by atoms with Crippen LogP contribution in [0.1, 0.15) is 52.9 Å². The molecule has 0 aliphatic rings. The molecule has 1 aromatic heterocycles. The van der Waals surface area contributed by atoms with E-state index in [0.717, 1.165) is 0 Å². The minimum atomic E-state index is -6.38. The van der Waals surface area contributed by atoms with Gasteiger partial charge in [0.15, 0.2) is 52.4 Å². The second kappa shape index (κ2) is 13.0. The Kier molecular flexibility index (Phi) is 10.1. The summed E-state index contributed by atoms with van der Waals surface area (Å²) >= 11 is 0. The zero-order chi connectivity index (χ0) is 39.9. The molecule has 0 aliphatic carbocycles. The molecule has 52 heavy (non-hydrogen) atoms. The van der Waals surface area contributed by atoms with Crippen molar-refractivity contribution < 1.29 is 75.2 Å². The molecular formula is C31H24BF15N4O. The van der Waals surface area contributed by atoms with Gasteiger partial charge in [-0.25, -0.2) is 75.0 Å². The van der Waals surface area contributed by atoms with Crippen LogP contribution in [0.3, 0.4) is 0 Å². The van der Waals surface area contributed by atoms with Crippen LogP contribution in [-0.2, 0) is 15.8 Å². The van der Waals surface area contributed by atoms with Crippen molar-refractivity contribution in [3.05, 3.63) is 98.6 Å². The standard InChI is InChI=1S/C31H24BF15N4O/c1-9-10(2)51(31(6,7)8)29(50(9)30(3,4)5)48-49-52-32(11-14(33)20(39)26(45)21(40)15(11)34,12-16(35)22(41)27(46)23(42)17(12)36)13-18(37)24(43)28(47)25(44)19(13)38/h1-8H3. The molecule has 0 saturated heterocycles. The molecule has 5 nitrogen and oxygen atoms in total. The van der Waals surface area contributed by atoms with Crippen molar-refractivity contribution in [2.24, 2.45) is 10.4 Å². The van der Waals surface area contributed by atoms with Crippen LogP contribution in [0.15, 0.2) is 10.4 Å². The van der Waals surface area contributed by atoms with Crippen molar-refractivity contribution in [1.82, 2.24) is 4.57 Å². The van der Waals surface area contributed by atoms with Crippen molar-refractivity contribution in [3.8, 4) is 0 Å². The Morgan fingerprint density at radius 3 is 1.00 bits per heavy atom. The van der Waals surface area contributed by atoms with Crippen molar-refractivity contribution in [1.29, 1.82) is 0 Å². The van der Waals surface area contributed by atoms with Gasteiger partial charge in [-0.05, 0) is 55.4 Å². The highest BCUT2D eigenvalue weighted by molar-refractivity contribution is 7.07. The molecule has 1 heterocycles. The molecule has 0 aliphatic heterocycles. The van der Waals surface area contributed by atoms with E-state index in [0.29, 0.717) is 11.4 Å². The highest BCUT2D eigenvalue weighted by atomic mass is 19.2.